The Kier molecular flexibility index (Phi) is 3.45. The molecule has 0 amide bonds. The number of hydrogen-bond donors (Lipinski definition) is 1. The quantitative estimate of drug-likeness (QED) is 0.773. The van der Waals surface area contributed by atoms with Crippen LogP contribution in [-0.4, -0.2) is 12.4 Å². The standard InChI is InChI=1S/C11H15NOS/c1-2-13-12-10-7-8-14-11-6-4-3-5-9(10)11/h3-6,10,12H,2,7-8H2,1H3. The second-order valence-electron chi connectivity index (χ2n) is 3.28. The highest BCUT2D eigenvalue weighted by molar-refractivity contribution is 7.99. The van der Waals surface area contributed by atoms with Crippen molar-refractivity contribution < 1.29 is 4.84 Å². The number of hydrogen-bond acceptors (Lipinski definition) is 3. The van der Waals surface area contributed by atoms with Crippen molar-refractivity contribution in [1.82, 2.24) is 5.48 Å². The molecular weight excluding hydrogens is 194 g/mol. The van der Waals surface area contributed by atoms with Crippen LogP contribution in [-0.2, 0) is 4.84 Å². The maximum atomic E-state index is 5.27. The van der Waals surface area contributed by atoms with Crippen molar-refractivity contribution in [3.8, 4) is 0 Å². The van der Waals surface area contributed by atoms with Crippen LogP contribution in [0.1, 0.15) is 24.9 Å². The van der Waals surface area contributed by atoms with Crippen molar-refractivity contribution in [2.75, 3.05) is 12.4 Å². The number of rotatable bonds is 3. The molecule has 1 unspecified atom stereocenters. The van der Waals surface area contributed by atoms with Gasteiger partial charge in [0.2, 0.25) is 0 Å². The zero-order chi connectivity index (χ0) is 9.80. The van der Waals surface area contributed by atoms with Gasteiger partial charge in [-0.2, -0.15) is 5.48 Å². The number of fused-ring (bicyclic) bond motifs is 1. The average molecular weight is 209 g/mol. The third-order valence-corrected chi connectivity index (χ3v) is 3.45. The molecule has 0 fully saturated rings. The fourth-order valence-electron chi connectivity index (χ4n) is 1.65. The summed E-state index contributed by atoms with van der Waals surface area (Å²) in [5.41, 5.74) is 4.49. The van der Waals surface area contributed by atoms with Crippen LogP contribution in [0, 0.1) is 0 Å². The van der Waals surface area contributed by atoms with E-state index in [0.717, 1.165) is 6.42 Å². The molecule has 0 saturated carbocycles. The molecule has 1 aromatic carbocycles. The van der Waals surface area contributed by atoms with Crippen molar-refractivity contribution in [3.63, 3.8) is 0 Å². The average Bonchev–Trinajstić information content (AvgIpc) is 2.26. The summed E-state index contributed by atoms with van der Waals surface area (Å²) in [6.07, 6.45) is 1.14. The molecule has 1 aliphatic rings. The molecule has 0 radical (unpaired) electrons. The smallest absolute Gasteiger partial charge is 0.0654 e. The summed E-state index contributed by atoms with van der Waals surface area (Å²) >= 11 is 1.93. The molecule has 76 valence electrons. The minimum Gasteiger partial charge on any atom is -0.302 e. The molecule has 1 heterocycles. The first-order valence-electron chi connectivity index (χ1n) is 5.01. The molecule has 0 spiro atoms. The van der Waals surface area contributed by atoms with E-state index in [1.54, 1.807) is 0 Å². The van der Waals surface area contributed by atoms with Crippen molar-refractivity contribution >= 4 is 11.8 Å². The van der Waals surface area contributed by atoms with E-state index in [4.69, 9.17) is 4.84 Å². The van der Waals surface area contributed by atoms with Gasteiger partial charge >= 0.3 is 0 Å². The Balaban J connectivity index is 2.14. The van der Waals surface area contributed by atoms with Gasteiger partial charge in [0.1, 0.15) is 0 Å². The van der Waals surface area contributed by atoms with Gasteiger partial charge in [0.15, 0.2) is 0 Å². The van der Waals surface area contributed by atoms with Crippen molar-refractivity contribution in [2.45, 2.75) is 24.3 Å². The molecule has 1 atom stereocenters. The van der Waals surface area contributed by atoms with Gasteiger partial charge in [-0.1, -0.05) is 18.2 Å². The predicted octanol–water partition coefficient (Wildman–Crippen LogP) is 2.76. The number of benzene rings is 1. The van der Waals surface area contributed by atoms with E-state index in [0.29, 0.717) is 12.6 Å². The maximum Gasteiger partial charge on any atom is 0.0654 e. The monoisotopic (exact) mass is 209 g/mol. The van der Waals surface area contributed by atoms with E-state index in [9.17, 15) is 0 Å². The molecule has 0 aromatic heterocycles. The van der Waals surface area contributed by atoms with Gasteiger partial charge < -0.3 is 4.84 Å². The van der Waals surface area contributed by atoms with Gasteiger partial charge in [0, 0.05) is 4.90 Å². The van der Waals surface area contributed by atoms with Crippen molar-refractivity contribution in [3.05, 3.63) is 29.8 Å². The highest BCUT2D eigenvalue weighted by Gasteiger charge is 2.19. The van der Waals surface area contributed by atoms with Gasteiger partial charge in [0.05, 0.1) is 12.6 Å². The highest BCUT2D eigenvalue weighted by Crippen LogP contribution is 2.35. The zero-order valence-corrected chi connectivity index (χ0v) is 9.14. The Morgan fingerprint density at radius 2 is 2.36 bits per heavy atom. The molecular formula is C11H15NOS. The summed E-state index contributed by atoms with van der Waals surface area (Å²) in [6, 6.07) is 8.91. The second-order valence-corrected chi connectivity index (χ2v) is 4.42. The normalized spacial score (nSPS) is 20.5. The van der Waals surface area contributed by atoms with Gasteiger partial charge in [-0.25, -0.2) is 0 Å². The Hall–Kier alpha value is -0.510. The molecule has 14 heavy (non-hydrogen) atoms. The minimum atomic E-state index is 0.368. The predicted molar refractivity (Wildman–Crippen MR) is 59.3 cm³/mol. The lowest BCUT2D eigenvalue weighted by atomic mass is 10.1. The number of thioether (sulfide) groups is 1. The fraction of sp³-hybridized carbons (Fsp3) is 0.455. The molecule has 1 N–H and O–H groups in total. The van der Waals surface area contributed by atoms with Crippen LogP contribution in [0.15, 0.2) is 29.2 Å². The largest absolute Gasteiger partial charge is 0.302 e. The molecule has 0 bridgehead atoms. The molecule has 2 rings (SSSR count). The second kappa shape index (κ2) is 4.82. The third kappa shape index (κ3) is 2.11. The molecule has 3 heteroatoms. The first kappa shape index (κ1) is 10.0. The Bertz CT molecular complexity index is 303. The van der Waals surface area contributed by atoms with Crippen LogP contribution in [0.2, 0.25) is 0 Å². The number of hydroxylamine groups is 1. The Morgan fingerprint density at radius 3 is 3.21 bits per heavy atom. The molecule has 1 aliphatic heterocycles. The van der Waals surface area contributed by atoms with E-state index < -0.39 is 0 Å². The Morgan fingerprint density at radius 1 is 1.50 bits per heavy atom. The number of nitrogens with one attached hydrogen (secondary N) is 1. The van der Waals surface area contributed by atoms with Crippen molar-refractivity contribution in [1.29, 1.82) is 0 Å². The molecule has 2 nitrogen and oxygen atoms in total. The van der Waals surface area contributed by atoms with Crippen LogP contribution in [0.25, 0.3) is 0 Å². The first-order chi connectivity index (χ1) is 6.92. The lowest BCUT2D eigenvalue weighted by Gasteiger charge is -2.25. The maximum absolute atomic E-state index is 5.27. The molecule has 0 saturated heterocycles. The van der Waals surface area contributed by atoms with E-state index in [-0.39, 0.29) is 0 Å². The van der Waals surface area contributed by atoms with Crippen LogP contribution in [0.5, 0.6) is 0 Å². The van der Waals surface area contributed by atoms with Crippen LogP contribution in [0.4, 0.5) is 0 Å². The summed E-state index contributed by atoms with van der Waals surface area (Å²) in [5.74, 6) is 1.17. The highest BCUT2D eigenvalue weighted by atomic mass is 32.2. The Labute approximate surface area is 89.0 Å². The lowest BCUT2D eigenvalue weighted by molar-refractivity contribution is 0.0223. The summed E-state index contributed by atoms with van der Waals surface area (Å²) in [5, 5.41) is 0. The van der Waals surface area contributed by atoms with Gasteiger partial charge in [-0.15, -0.1) is 11.8 Å². The lowest BCUT2D eigenvalue weighted by Crippen LogP contribution is -2.24. The topological polar surface area (TPSA) is 21.3 Å². The fourth-order valence-corrected chi connectivity index (χ4v) is 2.77. The third-order valence-electron chi connectivity index (χ3n) is 2.33. The van der Waals surface area contributed by atoms with Gasteiger partial charge in [-0.3, -0.25) is 0 Å². The van der Waals surface area contributed by atoms with Gasteiger partial charge in [0.25, 0.3) is 0 Å². The van der Waals surface area contributed by atoms with E-state index in [1.165, 1.54) is 16.2 Å². The van der Waals surface area contributed by atoms with Crippen LogP contribution < -0.4 is 5.48 Å². The summed E-state index contributed by atoms with van der Waals surface area (Å²) in [7, 11) is 0. The summed E-state index contributed by atoms with van der Waals surface area (Å²) in [4.78, 5) is 6.66. The minimum absolute atomic E-state index is 0.368. The SMILES string of the molecule is CCONC1CCSc2ccccc21. The molecule has 0 aliphatic carbocycles. The van der Waals surface area contributed by atoms with Crippen LogP contribution >= 0.6 is 11.8 Å². The summed E-state index contributed by atoms with van der Waals surface area (Å²) < 4.78 is 0. The first-order valence-corrected chi connectivity index (χ1v) is 5.99. The van der Waals surface area contributed by atoms with E-state index >= 15 is 0 Å². The van der Waals surface area contributed by atoms with Crippen molar-refractivity contribution in [2.24, 2.45) is 0 Å². The summed E-state index contributed by atoms with van der Waals surface area (Å²) in [6.45, 7) is 2.71. The zero-order valence-electron chi connectivity index (χ0n) is 8.32. The van der Waals surface area contributed by atoms with Crippen LogP contribution in [0.3, 0.4) is 0 Å². The van der Waals surface area contributed by atoms with E-state index in [2.05, 4.69) is 29.7 Å². The molecule has 1 aromatic rings. The van der Waals surface area contributed by atoms with Gasteiger partial charge in [-0.05, 0) is 30.7 Å². The van der Waals surface area contributed by atoms with E-state index in [1.807, 2.05) is 18.7 Å².